The molecule has 2 aromatic heterocycles. The molecule has 0 aliphatic heterocycles. The summed E-state index contributed by atoms with van der Waals surface area (Å²) in [6.07, 6.45) is 1.82. The number of nitrogens with two attached hydrogens (primary N) is 1. The van der Waals surface area contributed by atoms with Crippen molar-refractivity contribution in [3.63, 3.8) is 0 Å². The molecule has 0 saturated carbocycles. The fourth-order valence-electron chi connectivity index (χ4n) is 1.84. The number of hydrogen-bond donors (Lipinski definition) is 3. The molecule has 0 aromatic carbocycles. The molecule has 4 N–H and O–H groups in total. The van der Waals surface area contributed by atoms with E-state index in [1.54, 1.807) is 17.4 Å². The van der Waals surface area contributed by atoms with Gasteiger partial charge in [0, 0.05) is 23.6 Å². The molecular formula is C13H20N6S. The van der Waals surface area contributed by atoms with Crippen LogP contribution in [0.25, 0.3) is 0 Å². The van der Waals surface area contributed by atoms with Crippen LogP contribution in [-0.2, 0) is 6.42 Å². The van der Waals surface area contributed by atoms with E-state index in [0.717, 1.165) is 35.2 Å². The fraction of sp³-hybridized carbons (Fsp3) is 0.462. The van der Waals surface area contributed by atoms with Gasteiger partial charge in [0.25, 0.3) is 0 Å². The molecule has 0 amide bonds. The lowest BCUT2D eigenvalue weighted by Crippen LogP contribution is -2.14. The highest BCUT2D eigenvalue weighted by molar-refractivity contribution is 7.09. The van der Waals surface area contributed by atoms with Gasteiger partial charge in [0.05, 0.1) is 6.04 Å². The third kappa shape index (κ3) is 3.64. The molecular weight excluding hydrogens is 272 g/mol. The van der Waals surface area contributed by atoms with E-state index >= 15 is 0 Å². The van der Waals surface area contributed by atoms with Gasteiger partial charge in [0.2, 0.25) is 0 Å². The van der Waals surface area contributed by atoms with E-state index < -0.39 is 0 Å². The number of rotatable bonds is 6. The van der Waals surface area contributed by atoms with E-state index in [9.17, 15) is 0 Å². The molecule has 0 aliphatic carbocycles. The third-order valence-electron chi connectivity index (χ3n) is 2.77. The topological polar surface area (TPSA) is 88.8 Å². The zero-order chi connectivity index (χ0) is 14.5. The van der Waals surface area contributed by atoms with Crippen molar-refractivity contribution < 1.29 is 0 Å². The Morgan fingerprint density at radius 1 is 1.30 bits per heavy atom. The highest BCUT2D eigenvalue weighted by atomic mass is 32.1. The number of thiazole rings is 1. The average Bonchev–Trinajstić information content (AvgIpc) is 2.85. The predicted molar refractivity (Wildman–Crippen MR) is 82.7 cm³/mol. The second-order valence-electron chi connectivity index (χ2n) is 4.64. The van der Waals surface area contributed by atoms with Crippen LogP contribution in [0.2, 0.25) is 0 Å². The van der Waals surface area contributed by atoms with E-state index in [1.807, 2.05) is 12.3 Å². The molecule has 0 spiro atoms. The van der Waals surface area contributed by atoms with Crippen LogP contribution in [0.5, 0.6) is 0 Å². The number of aryl methyl sites for hydroxylation is 2. The number of hydrogen-bond acceptors (Lipinski definition) is 7. The molecule has 0 bridgehead atoms. The van der Waals surface area contributed by atoms with E-state index in [2.05, 4.69) is 39.5 Å². The molecule has 2 heterocycles. The Hall–Kier alpha value is -1.73. The second kappa shape index (κ2) is 6.62. The zero-order valence-electron chi connectivity index (χ0n) is 12.0. The summed E-state index contributed by atoms with van der Waals surface area (Å²) < 4.78 is 0. The normalized spacial score (nSPS) is 12.2. The van der Waals surface area contributed by atoms with Gasteiger partial charge in [-0.3, -0.25) is 0 Å². The second-order valence-corrected chi connectivity index (χ2v) is 5.53. The summed E-state index contributed by atoms with van der Waals surface area (Å²) in [6.45, 7) is 6.16. The third-order valence-corrected chi connectivity index (χ3v) is 3.91. The average molecular weight is 292 g/mol. The van der Waals surface area contributed by atoms with Gasteiger partial charge in [0.15, 0.2) is 0 Å². The molecule has 2 rings (SSSR count). The van der Waals surface area contributed by atoms with Gasteiger partial charge in [-0.15, -0.1) is 11.3 Å². The van der Waals surface area contributed by atoms with Crippen molar-refractivity contribution in [3.05, 3.63) is 28.0 Å². The number of aromatic nitrogens is 3. The van der Waals surface area contributed by atoms with Gasteiger partial charge in [-0.2, -0.15) is 0 Å². The Morgan fingerprint density at radius 2 is 2.05 bits per heavy atom. The SMILES string of the molecule is CCCc1nc(NN)cc(NC(C)c2nc(C)cs2)n1. The van der Waals surface area contributed by atoms with Gasteiger partial charge in [-0.25, -0.2) is 20.8 Å². The first-order valence-corrected chi connectivity index (χ1v) is 7.53. The standard InChI is InChI=1S/C13H20N6S/c1-4-5-10-17-11(6-12(18-10)19-14)16-9(3)13-15-8(2)7-20-13/h6-7,9H,4-5,14H2,1-3H3,(H2,16,17,18,19). The van der Waals surface area contributed by atoms with Crippen LogP contribution in [0.4, 0.5) is 11.6 Å². The van der Waals surface area contributed by atoms with E-state index in [4.69, 9.17) is 5.84 Å². The number of hydrazine groups is 1. The first-order chi connectivity index (χ1) is 9.62. The Balaban J connectivity index is 2.17. The Kier molecular flexibility index (Phi) is 4.86. The number of anilines is 2. The first-order valence-electron chi connectivity index (χ1n) is 6.65. The van der Waals surface area contributed by atoms with Gasteiger partial charge >= 0.3 is 0 Å². The van der Waals surface area contributed by atoms with Crippen molar-refractivity contribution in [2.75, 3.05) is 10.7 Å². The summed E-state index contributed by atoms with van der Waals surface area (Å²) in [4.78, 5) is 13.3. The molecule has 2 aromatic rings. The van der Waals surface area contributed by atoms with Crippen LogP contribution in [0.15, 0.2) is 11.4 Å². The van der Waals surface area contributed by atoms with Crippen LogP contribution in [0.3, 0.4) is 0 Å². The van der Waals surface area contributed by atoms with Crippen LogP contribution >= 0.6 is 11.3 Å². The maximum absolute atomic E-state index is 5.45. The monoisotopic (exact) mass is 292 g/mol. The number of nitrogen functional groups attached to an aromatic ring is 1. The van der Waals surface area contributed by atoms with Crippen molar-refractivity contribution in [1.82, 2.24) is 15.0 Å². The largest absolute Gasteiger partial charge is 0.361 e. The molecule has 0 saturated heterocycles. The summed E-state index contributed by atoms with van der Waals surface area (Å²) in [5, 5.41) is 6.43. The van der Waals surface area contributed by atoms with E-state index in [0.29, 0.717) is 5.82 Å². The lowest BCUT2D eigenvalue weighted by Gasteiger charge is -2.13. The van der Waals surface area contributed by atoms with Crippen LogP contribution in [0.1, 0.15) is 42.8 Å². The van der Waals surface area contributed by atoms with Crippen molar-refractivity contribution in [2.45, 2.75) is 39.7 Å². The van der Waals surface area contributed by atoms with Crippen LogP contribution in [-0.4, -0.2) is 15.0 Å². The summed E-state index contributed by atoms with van der Waals surface area (Å²) in [5.41, 5.74) is 3.62. The Bertz CT molecular complexity index is 568. The maximum Gasteiger partial charge on any atom is 0.145 e. The van der Waals surface area contributed by atoms with E-state index in [-0.39, 0.29) is 6.04 Å². The van der Waals surface area contributed by atoms with Crippen molar-refractivity contribution in [3.8, 4) is 0 Å². The molecule has 20 heavy (non-hydrogen) atoms. The summed E-state index contributed by atoms with van der Waals surface area (Å²) in [6, 6.07) is 1.90. The minimum atomic E-state index is 0.101. The number of nitrogens with one attached hydrogen (secondary N) is 2. The molecule has 0 aliphatic rings. The molecule has 0 radical (unpaired) electrons. The fourth-order valence-corrected chi connectivity index (χ4v) is 2.64. The van der Waals surface area contributed by atoms with Gasteiger partial charge in [-0.1, -0.05) is 6.92 Å². The summed E-state index contributed by atoms with van der Waals surface area (Å²) in [7, 11) is 0. The Morgan fingerprint density at radius 3 is 2.65 bits per heavy atom. The number of nitrogens with zero attached hydrogens (tertiary/aromatic N) is 3. The summed E-state index contributed by atoms with van der Waals surface area (Å²) >= 11 is 1.64. The van der Waals surface area contributed by atoms with Crippen molar-refractivity contribution in [2.24, 2.45) is 5.84 Å². The van der Waals surface area contributed by atoms with Gasteiger partial charge in [-0.05, 0) is 20.3 Å². The van der Waals surface area contributed by atoms with Crippen molar-refractivity contribution >= 4 is 23.0 Å². The quantitative estimate of drug-likeness (QED) is 0.560. The summed E-state index contributed by atoms with van der Waals surface area (Å²) in [5.74, 6) is 7.62. The van der Waals surface area contributed by atoms with Gasteiger partial charge < -0.3 is 10.7 Å². The maximum atomic E-state index is 5.45. The Labute approximate surface area is 122 Å². The highest BCUT2D eigenvalue weighted by Gasteiger charge is 2.11. The molecule has 6 nitrogen and oxygen atoms in total. The molecule has 1 unspecified atom stereocenters. The lowest BCUT2D eigenvalue weighted by molar-refractivity contribution is 0.815. The molecule has 1 atom stereocenters. The van der Waals surface area contributed by atoms with Crippen LogP contribution in [0, 0.1) is 6.92 Å². The van der Waals surface area contributed by atoms with Crippen LogP contribution < -0.4 is 16.6 Å². The smallest absolute Gasteiger partial charge is 0.145 e. The molecule has 7 heteroatoms. The first kappa shape index (κ1) is 14.7. The minimum absolute atomic E-state index is 0.101. The highest BCUT2D eigenvalue weighted by Crippen LogP contribution is 2.22. The van der Waals surface area contributed by atoms with E-state index in [1.165, 1.54) is 0 Å². The van der Waals surface area contributed by atoms with Crippen molar-refractivity contribution in [1.29, 1.82) is 0 Å². The van der Waals surface area contributed by atoms with Gasteiger partial charge in [0.1, 0.15) is 22.5 Å². The predicted octanol–water partition coefficient (Wildman–Crippen LogP) is 2.65. The minimum Gasteiger partial charge on any atom is -0.361 e. The molecule has 0 fully saturated rings. The zero-order valence-corrected chi connectivity index (χ0v) is 12.8. The molecule has 108 valence electrons. The lowest BCUT2D eigenvalue weighted by atomic mass is 10.3.